The van der Waals surface area contributed by atoms with E-state index < -0.39 is 0 Å². The van der Waals surface area contributed by atoms with Crippen molar-refractivity contribution in [2.24, 2.45) is 0 Å². The molecule has 2 aromatic rings. The van der Waals surface area contributed by atoms with Gasteiger partial charge >= 0.3 is 0 Å². The average Bonchev–Trinajstić information content (AvgIpc) is 2.70. The Morgan fingerprint density at radius 3 is 2.52 bits per heavy atom. The van der Waals surface area contributed by atoms with Crippen molar-refractivity contribution < 1.29 is 5.11 Å². The number of aliphatic hydroxyl groups is 1. The lowest BCUT2D eigenvalue weighted by Crippen LogP contribution is -2.49. The highest BCUT2D eigenvalue weighted by Gasteiger charge is 2.23. The van der Waals surface area contributed by atoms with E-state index in [1.54, 1.807) is 0 Å². The van der Waals surface area contributed by atoms with Crippen molar-refractivity contribution in [1.29, 1.82) is 0 Å². The smallest absolute Gasteiger partial charge is 0.136 e. The molecule has 2 heterocycles. The highest BCUT2D eigenvalue weighted by atomic mass is 16.3. The fourth-order valence-corrected chi connectivity index (χ4v) is 4.03. The van der Waals surface area contributed by atoms with Gasteiger partial charge in [0.05, 0.1) is 6.10 Å². The molecule has 1 aliphatic rings. The molecule has 156 valence electrons. The Hall–Kier alpha value is -2.24. The molecule has 29 heavy (non-hydrogen) atoms. The van der Waals surface area contributed by atoms with Crippen molar-refractivity contribution in [3.63, 3.8) is 0 Å². The topological polar surface area (TPSA) is 52.5 Å². The lowest BCUT2D eigenvalue weighted by Gasteiger charge is -2.37. The van der Waals surface area contributed by atoms with Crippen LogP contribution >= 0.6 is 0 Å². The van der Waals surface area contributed by atoms with E-state index in [9.17, 15) is 5.11 Å². The van der Waals surface area contributed by atoms with Crippen LogP contribution in [0.15, 0.2) is 36.9 Å². The average molecular weight is 395 g/mol. The highest BCUT2D eigenvalue weighted by Crippen LogP contribution is 2.26. The summed E-state index contributed by atoms with van der Waals surface area (Å²) in [5, 5.41) is 10.2. The molecule has 1 aliphatic heterocycles. The van der Waals surface area contributed by atoms with Crippen molar-refractivity contribution in [1.82, 2.24) is 14.9 Å². The number of aryl methyl sites for hydroxylation is 3. The molecule has 1 aromatic carbocycles. The van der Waals surface area contributed by atoms with Crippen LogP contribution in [0.5, 0.6) is 0 Å². The number of benzene rings is 1. The van der Waals surface area contributed by atoms with Crippen molar-refractivity contribution in [2.75, 3.05) is 37.6 Å². The molecule has 1 aromatic heterocycles. The molecule has 5 nitrogen and oxygen atoms in total. The lowest BCUT2D eigenvalue weighted by molar-refractivity contribution is 0.103. The van der Waals surface area contributed by atoms with Gasteiger partial charge in [-0.15, -0.1) is 6.58 Å². The zero-order valence-electron chi connectivity index (χ0n) is 18.1. The minimum atomic E-state index is -0.278. The first kappa shape index (κ1) is 21.5. The predicted octanol–water partition coefficient (Wildman–Crippen LogP) is 3.44. The SMILES string of the molecule is C=CCC[C@H](O)CN1CCN(c2nc(C)nc(C)c2Cc2ccccc2C)CC1. The summed E-state index contributed by atoms with van der Waals surface area (Å²) in [5.74, 6) is 1.90. The standard InChI is InChI=1S/C24H34N4O/c1-5-6-11-22(29)17-27-12-14-28(15-13-27)24-23(19(3)25-20(4)26-24)16-21-10-8-7-9-18(21)2/h5,7-10,22,29H,1,6,11-17H2,2-4H3/t22-/m0/s1. The van der Waals surface area contributed by atoms with Crippen LogP contribution < -0.4 is 4.90 Å². The molecule has 0 unspecified atom stereocenters. The van der Waals surface area contributed by atoms with Crippen LogP contribution in [0.25, 0.3) is 0 Å². The van der Waals surface area contributed by atoms with E-state index in [-0.39, 0.29) is 6.10 Å². The summed E-state index contributed by atoms with van der Waals surface area (Å²) >= 11 is 0. The van der Waals surface area contributed by atoms with Crippen LogP contribution in [-0.2, 0) is 6.42 Å². The zero-order chi connectivity index (χ0) is 20.8. The van der Waals surface area contributed by atoms with E-state index >= 15 is 0 Å². The summed E-state index contributed by atoms with van der Waals surface area (Å²) in [6.45, 7) is 14.4. The summed E-state index contributed by atoms with van der Waals surface area (Å²) in [6, 6.07) is 8.54. The molecule has 1 N–H and O–H groups in total. The molecule has 5 heteroatoms. The van der Waals surface area contributed by atoms with Crippen molar-refractivity contribution >= 4 is 5.82 Å². The zero-order valence-corrected chi connectivity index (χ0v) is 18.1. The van der Waals surface area contributed by atoms with Gasteiger partial charge in [0.2, 0.25) is 0 Å². The molecular formula is C24H34N4O. The van der Waals surface area contributed by atoms with Crippen molar-refractivity contribution in [3.05, 3.63) is 65.1 Å². The number of rotatable bonds is 8. The summed E-state index contributed by atoms with van der Waals surface area (Å²) in [4.78, 5) is 14.2. The van der Waals surface area contributed by atoms with Gasteiger partial charge < -0.3 is 10.0 Å². The molecule has 0 aliphatic carbocycles. The number of aliphatic hydroxyl groups excluding tert-OH is 1. The first-order valence-corrected chi connectivity index (χ1v) is 10.6. The van der Waals surface area contributed by atoms with Crippen LogP contribution in [0, 0.1) is 20.8 Å². The molecule has 0 amide bonds. The third-order valence-corrected chi connectivity index (χ3v) is 5.78. The minimum Gasteiger partial charge on any atom is -0.392 e. The van der Waals surface area contributed by atoms with E-state index in [1.165, 1.54) is 16.7 Å². The molecule has 3 rings (SSSR count). The Kier molecular flexibility index (Phi) is 7.40. The van der Waals surface area contributed by atoms with Gasteiger partial charge in [0.1, 0.15) is 11.6 Å². The Morgan fingerprint density at radius 2 is 1.83 bits per heavy atom. The summed E-state index contributed by atoms with van der Waals surface area (Å²) in [5.41, 5.74) is 4.92. The van der Waals surface area contributed by atoms with E-state index in [0.29, 0.717) is 0 Å². The molecule has 0 saturated carbocycles. The molecule has 0 bridgehead atoms. The Balaban J connectivity index is 1.72. The van der Waals surface area contributed by atoms with Gasteiger partial charge in [-0.05, 0) is 44.7 Å². The van der Waals surface area contributed by atoms with Gasteiger partial charge in [-0.2, -0.15) is 0 Å². The molecule has 0 spiro atoms. The quantitative estimate of drug-likeness (QED) is 0.695. The van der Waals surface area contributed by atoms with E-state index in [1.807, 2.05) is 13.0 Å². The maximum absolute atomic E-state index is 10.2. The molecular weight excluding hydrogens is 360 g/mol. The highest BCUT2D eigenvalue weighted by molar-refractivity contribution is 5.52. The maximum Gasteiger partial charge on any atom is 0.136 e. The fourth-order valence-electron chi connectivity index (χ4n) is 4.03. The second-order valence-electron chi connectivity index (χ2n) is 8.07. The summed E-state index contributed by atoms with van der Waals surface area (Å²) in [7, 11) is 0. The van der Waals surface area contributed by atoms with Gasteiger partial charge in [-0.25, -0.2) is 9.97 Å². The minimum absolute atomic E-state index is 0.278. The third-order valence-electron chi connectivity index (χ3n) is 5.78. The molecule has 1 fully saturated rings. The molecule has 1 saturated heterocycles. The number of allylic oxidation sites excluding steroid dienone is 1. The number of piperazine rings is 1. The third kappa shape index (κ3) is 5.64. The number of hydrogen-bond acceptors (Lipinski definition) is 5. The predicted molar refractivity (Wildman–Crippen MR) is 120 cm³/mol. The van der Waals surface area contributed by atoms with Crippen molar-refractivity contribution in [3.8, 4) is 0 Å². The Bertz CT molecular complexity index is 828. The van der Waals surface area contributed by atoms with Gasteiger partial charge in [0.25, 0.3) is 0 Å². The second-order valence-corrected chi connectivity index (χ2v) is 8.07. The number of anilines is 1. The Morgan fingerprint density at radius 1 is 1.10 bits per heavy atom. The monoisotopic (exact) mass is 394 g/mol. The fraction of sp³-hybridized carbons (Fsp3) is 0.500. The number of aromatic nitrogens is 2. The lowest BCUT2D eigenvalue weighted by atomic mass is 9.99. The number of hydrogen-bond donors (Lipinski definition) is 1. The van der Waals surface area contributed by atoms with Gasteiger partial charge in [-0.1, -0.05) is 30.3 Å². The van der Waals surface area contributed by atoms with E-state index in [4.69, 9.17) is 4.98 Å². The van der Waals surface area contributed by atoms with Gasteiger partial charge in [0, 0.05) is 50.4 Å². The van der Waals surface area contributed by atoms with Crippen LogP contribution in [0.1, 0.15) is 41.1 Å². The number of β-amino-alcohol motifs (C(OH)–C–C–N with tert-alkyl or cyclic N) is 1. The normalized spacial score (nSPS) is 16.1. The second kappa shape index (κ2) is 9.99. The van der Waals surface area contributed by atoms with Crippen LogP contribution in [0.3, 0.4) is 0 Å². The van der Waals surface area contributed by atoms with Gasteiger partial charge in [0.15, 0.2) is 0 Å². The van der Waals surface area contributed by atoms with Crippen LogP contribution in [0.2, 0.25) is 0 Å². The van der Waals surface area contributed by atoms with E-state index in [2.05, 4.69) is 59.5 Å². The largest absolute Gasteiger partial charge is 0.392 e. The molecule has 0 radical (unpaired) electrons. The first-order valence-electron chi connectivity index (χ1n) is 10.6. The maximum atomic E-state index is 10.2. The Labute approximate surface area is 175 Å². The number of nitrogens with zero attached hydrogens (tertiary/aromatic N) is 4. The van der Waals surface area contributed by atoms with Gasteiger partial charge in [-0.3, -0.25) is 4.90 Å². The van der Waals surface area contributed by atoms with Crippen LogP contribution in [-0.4, -0.2) is 58.8 Å². The van der Waals surface area contributed by atoms with Crippen LogP contribution in [0.4, 0.5) is 5.82 Å². The summed E-state index contributed by atoms with van der Waals surface area (Å²) in [6.07, 6.45) is 4.10. The summed E-state index contributed by atoms with van der Waals surface area (Å²) < 4.78 is 0. The first-order chi connectivity index (χ1) is 14.0. The molecule has 1 atom stereocenters. The van der Waals surface area contributed by atoms with E-state index in [0.717, 1.165) is 69.3 Å². The van der Waals surface area contributed by atoms with Crippen molar-refractivity contribution in [2.45, 2.75) is 46.1 Å².